The highest BCUT2D eigenvalue weighted by molar-refractivity contribution is 5.96. The molecule has 0 saturated heterocycles. The van der Waals surface area contributed by atoms with Gasteiger partial charge in [-0.05, 0) is 26.0 Å². The monoisotopic (exact) mass is 262 g/mol. The molecule has 100 valence electrons. The maximum atomic E-state index is 11.6. The number of ether oxygens (including phenoxy) is 1. The van der Waals surface area contributed by atoms with Crippen LogP contribution in [0, 0.1) is 13.8 Å². The number of aryl methyl sites for hydroxylation is 2. The number of hydrogen-bond donors (Lipinski definition) is 1. The van der Waals surface area contributed by atoms with Crippen LogP contribution in [0.3, 0.4) is 0 Å². The predicted molar refractivity (Wildman–Crippen MR) is 65.8 cm³/mol. The molecule has 0 unspecified atom stereocenters. The highest BCUT2D eigenvalue weighted by atomic mass is 16.5. The molecule has 0 saturated carbocycles. The number of nitrogens with one attached hydrogen (secondary N) is 1. The number of nitrogens with zero attached hydrogens (tertiary/aromatic N) is 1. The molecule has 0 spiro atoms. The molecule has 0 fully saturated rings. The molecule has 0 aromatic carbocycles. The number of ketones is 1. The second-order valence-electron chi connectivity index (χ2n) is 4.15. The molecule has 1 N–H and O–H groups in total. The summed E-state index contributed by atoms with van der Waals surface area (Å²) in [5.74, 6) is -0.156. The van der Waals surface area contributed by atoms with Crippen molar-refractivity contribution in [2.75, 3.05) is 6.61 Å². The van der Waals surface area contributed by atoms with Crippen LogP contribution in [0.4, 0.5) is 0 Å². The van der Waals surface area contributed by atoms with Gasteiger partial charge >= 0.3 is 5.97 Å². The maximum absolute atomic E-state index is 11.6. The zero-order valence-corrected chi connectivity index (χ0v) is 10.7. The summed E-state index contributed by atoms with van der Waals surface area (Å²) < 4.78 is 9.88. The largest absolute Gasteiger partial charge is 0.457 e. The minimum atomic E-state index is -0.477. The first-order valence-corrected chi connectivity index (χ1v) is 5.82. The van der Waals surface area contributed by atoms with Gasteiger partial charge in [0.1, 0.15) is 5.76 Å². The van der Waals surface area contributed by atoms with Gasteiger partial charge in [-0.1, -0.05) is 5.16 Å². The molecule has 19 heavy (non-hydrogen) atoms. The topological polar surface area (TPSA) is 85.2 Å². The van der Waals surface area contributed by atoms with Crippen LogP contribution >= 0.6 is 0 Å². The molecular weight excluding hydrogens is 248 g/mol. The Labute approximate surface area is 109 Å². The molecule has 2 rings (SSSR count). The lowest BCUT2D eigenvalue weighted by molar-refractivity contribution is -0.141. The first-order chi connectivity index (χ1) is 9.08. The normalized spacial score (nSPS) is 10.4. The van der Waals surface area contributed by atoms with Crippen LogP contribution in [0.5, 0.6) is 0 Å². The summed E-state index contributed by atoms with van der Waals surface area (Å²) in [7, 11) is 0. The number of Topliss-reactive ketones (excluding diaryl/α,β-unsaturated/α-hetero) is 1. The number of carbonyl (C=O) groups excluding carboxylic acids is 2. The molecule has 0 radical (unpaired) electrons. The van der Waals surface area contributed by atoms with E-state index < -0.39 is 5.97 Å². The molecule has 0 amide bonds. The lowest BCUT2D eigenvalue weighted by atomic mass is 10.1. The smallest absolute Gasteiger partial charge is 0.310 e. The summed E-state index contributed by atoms with van der Waals surface area (Å²) in [6.07, 6.45) is 1.69. The standard InChI is InChI=1S/C13H14N2O4/c1-8-10(9(2)19-15-8)6-13(17)18-7-12(16)11-4-3-5-14-11/h3-5,14H,6-7H2,1-2H3. The number of hydrogen-bond acceptors (Lipinski definition) is 5. The third kappa shape index (κ3) is 3.09. The Morgan fingerprint density at radius 2 is 2.21 bits per heavy atom. The average Bonchev–Trinajstić information content (AvgIpc) is 3.01. The van der Waals surface area contributed by atoms with E-state index in [0.717, 1.165) is 0 Å². The minimum absolute atomic E-state index is 0.0547. The quantitative estimate of drug-likeness (QED) is 0.653. The van der Waals surface area contributed by atoms with E-state index in [9.17, 15) is 9.59 Å². The Bertz CT molecular complexity index is 564. The molecule has 6 nitrogen and oxygen atoms in total. The summed E-state index contributed by atoms with van der Waals surface area (Å²) in [5, 5.41) is 3.75. The second kappa shape index (κ2) is 5.51. The predicted octanol–water partition coefficient (Wildman–Crippen LogP) is 1.59. The van der Waals surface area contributed by atoms with E-state index in [2.05, 4.69) is 10.1 Å². The highest BCUT2D eigenvalue weighted by Crippen LogP contribution is 2.13. The number of esters is 1. The fraction of sp³-hybridized carbons (Fsp3) is 0.308. The van der Waals surface area contributed by atoms with Gasteiger partial charge in [0.15, 0.2) is 6.61 Å². The highest BCUT2D eigenvalue weighted by Gasteiger charge is 2.16. The van der Waals surface area contributed by atoms with Gasteiger partial charge in [-0.2, -0.15) is 0 Å². The fourth-order valence-corrected chi connectivity index (χ4v) is 1.68. The first-order valence-electron chi connectivity index (χ1n) is 5.82. The average molecular weight is 262 g/mol. The lowest BCUT2D eigenvalue weighted by Gasteiger charge is -2.03. The minimum Gasteiger partial charge on any atom is -0.457 e. The maximum Gasteiger partial charge on any atom is 0.310 e. The summed E-state index contributed by atoms with van der Waals surface area (Å²) in [5.41, 5.74) is 1.78. The third-order valence-corrected chi connectivity index (χ3v) is 2.76. The number of aromatic nitrogens is 2. The molecular formula is C13H14N2O4. The van der Waals surface area contributed by atoms with E-state index in [1.54, 1.807) is 32.2 Å². The van der Waals surface area contributed by atoms with Gasteiger partial charge in [0.2, 0.25) is 5.78 Å². The number of rotatable bonds is 5. The molecule has 2 heterocycles. The molecule has 6 heteroatoms. The van der Waals surface area contributed by atoms with Crippen LogP contribution in [-0.4, -0.2) is 28.5 Å². The van der Waals surface area contributed by atoms with Crippen molar-refractivity contribution in [2.45, 2.75) is 20.3 Å². The van der Waals surface area contributed by atoms with Crippen molar-refractivity contribution in [3.63, 3.8) is 0 Å². The number of aromatic amines is 1. The van der Waals surface area contributed by atoms with Crippen LogP contribution in [0.1, 0.15) is 27.5 Å². The van der Waals surface area contributed by atoms with Crippen molar-refractivity contribution in [1.29, 1.82) is 0 Å². The van der Waals surface area contributed by atoms with Gasteiger partial charge in [-0.3, -0.25) is 9.59 Å². The van der Waals surface area contributed by atoms with Crippen molar-refractivity contribution >= 4 is 11.8 Å². The van der Waals surface area contributed by atoms with Gasteiger partial charge in [-0.25, -0.2) is 0 Å². The van der Waals surface area contributed by atoms with Crippen LogP contribution < -0.4 is 0 Å². The Balaban J connectivity index is 1.87. The van der Waals surface area contributed by atoms with Crippen LogP contribution in [0.25, 0.3) is 0 Å². The number of H-pyrrole nitrogens is 1. The van der Waals surface area contributed by atoms with Crippen molar-refractivity contribution in [1.82, 2.24) is 10.1 Å². The molecule has 2 aromatic heterocycles. The molecule has 0 atom stereocenters. The van der Waals surface area contributed by atoms with Crippen molar-refractivity contribution in [3.05, 3.63) is 41.0 Å². The van der Waals surface area contributed by atoms with Crippen LogP contribution in [0.2, 0.25) is 0 Å². The van der Waals surface area contributed by atoms with Gasteiger partial charge < -0.3 is 14.2 Å². The Kier molecular flexibility index (Phi) is 3.79. The molecule has 2 aromatic rings. The molecule has 0 aliphatic carbocycles. The van der Waals surface area contributed by atoms with E-state index in [4.69, 9.17) is 9.26 Å². The van der Waals surface area contributed by atoms with E-state index >= 15 is 0 Å². The summed E-state index contributed by atoms with van der Waals surface area (Å²) in [6.45, 7) is 3.21. The van der Waals surface area contributed by atoms with Crippen molar-refractivity contribution in [2.24, 2.45) is 0 Å². The van der Waals surface area contributed by atoms with E-state index in [-0.39, 0.29) is 18.8 Å². The lowest BCUT2D eigenvalue weighted by Crippen LogP contribution is -2.16. The van der Waals surface area contributed by atoms with E-state index in [1.165, 1.54) is 0 Å². The van der Waals surface area contributed by atoms with Crippen LogP contribution in [0.15, 0.2) is 22.9 Å². The number of carbonyl (C=O) groups is 2. The van der Waals surface area contributed by atoms with Gasteiger partial charge in [0.05, 0.1) is 17.8 Å². The Morgan fingerprint density at radius 1 is 1.42 bits per heavy atom. The molecule has 0 bridgehead atoms. The van der Waals surface area contributed by atoms with Crippen molar-refractivity contribution < 1.29 is 18.8 Å². The Morgan fingerprint density at radius 3 is 2.79 bits per heavy atom. The van der Waals surface area contributed by atoms with E-state index in [1.807, 2.05) is 0 Å². The molecule has 0 aliphatic rings. The zero-order chi connectivity index (χ0) is 13.8. The summed E-state index contributed by atoms with van der Waals surface area (Å²) >= 11 is 0. The van der Waals surface area contributed by atoms with Crippen LogP contribution in [-0.2, 0) is 16.0 Å². The first kappa shape index (κ1) is 13.1. The Hall–Kier alpha value is -2.37. The second-order valence-corrected chi connectivity index (χ2v) is 4.15. The van der Waals surface area contributed by atoms with Crippen molar-refractivity contribution in [3.8, 4) is 0 Å². The fourth-order valence-electron chi connectivity index (χ4n) is 1.68. The van der Waals surface area contributed by atoms with Gasteiger partial charge in [0.25, 0.3) is 0 Å². The molecule has 0 aliphatic heterocycles. The SMILES string of the molecule is Cc1noc(C)c1CC(=O)OCC(=O)c1ccc[nH]1. The van der Waals surface area contributed by atoms with Gasteiger partial charge in [-0.15, -0.1) is 0 Å². The van der Waals surface area contributed by atoms with Gasteiger partial charge in [0, 0.05) is 11.8 Å². The summed E-state index contributed by atoms with van der Waals surface area (Å²) in [4.78, 5) is 26.0. The van der Waals surface area contributed by atoms with E-state index in [0.29, 0.717) is 22.7 Å². The third-order valence-electron chi connectivity index (χ3n) is 2.76. The summed E-state index contributed by atoms with van der Waals surface area (Å²) in [6, 6.07) is 3.34. The zero-order valence-electron chi connectivity index (χ0n) is 10.7.